The average Bonchev–Trinajstić information content (AvgIpc) is 2.45. The molecular formula is C15H14FNO3. The number of aromatic carboxylic acids is 1. The minimum absolute atomic E-state index is 0.0491. The van der Waals surface area contributed by atoms with Crippen molar-refractivity contribution < 1.29 is 19.0 Å². The molecule has 0 aliphatic heterocycles. The summed E-state index contributed by atoms with van der Waals surface area (Å²) in [6.45, 7) is 0.327. The molecule has 1 heterocycles. The first-order chi connectivity index (χ1) is 9.66. The molecule has 0 amide bonds. The molecule has 1 N–H and O–H groups in total. The highest BCUT2D eigenvalue weighted by atomic mass is 19.1. The molecule has 0 aliphatic rings. The second-order valence-electron chi connectivity index (χ2n) is 4.25. The molecule has 4 nitrogen and oxygen atoms in total. The monoisotopic (exact) mass is 275 g/mol. The van der Waals surface area contributed by atoms with Gasteiger partial charge in [0.1, 0.15) is 11.4 Å². The van der Waals surface area contributed by atoms with Crippen LogP contribution in [0.15, 0.2) is 42.6 Å². The van der Waals surface area contributed by atoms with Crippen LogP contribution in [0.5, 0.6) is 5.88 Å². The number of aryl methyl sites for hydroxylation is 1. The number of hydrogen-bond donors (Lipinski definition) is 1. The Balaban J connectivity index is 1.90. The van der Waals surface area contributed by atoms with E-state index in [-0.39, 0.29) is 11.4 Å². The predicted molar refractivity (Wildman–Crippen MR) is 71.4 cm³/mol. The number of halogens is 1. The Bertz CT molecular complexity index is 587. The minimum atomic E-state index is -1.25. The van der Waals surface area contributed by atoms with E-state index in [2.05, 4.69) is 4.98 Å². The van der Waals surface area contributed by atoms with Crippen LogP contribution in [-0.2, 0) is 6.42 Å². The normalized spacial score (nSPS) is 10.2. The van der Waals surface area contributed by atoms with E-state index in [1.165, 1.54) is 5.56 Å². The summed E-state index contributed by atoms with van der Waals surface area (Å²) < 4.78 is 18.3. The van der Waals surface area contributed by atoms with Gasteiger partial charge in [0.2, 0.25) is 5.88 Å². The van der Waals surface area contributed by atoms with E-state index in [1.54, 1.807) is 0 Å². The number of pyridine rings is 1. The van der Waals surface area contributed by atoms with Crippen LogP contribution in [0.25, 0.3) is 0 Å². The Labute approximate surface area is 115 Å². The van der Waals surface area contributed by atoms with Crippen molar-refractivity contribution in [3.63, 3.8) is 0 Å². The van der Waals surface area contributed by atoms with Gasteiger partial charge in [0.15, 0.2) is 0 Å². The summed E-state index contributed by atoms with van der Waals surface area (Å²) >= 11 is 0. The maximum Gasteiger partial charge on any atom is 0.341 e. The highest BCUT2D eigenvalue weighted by Gasteiger charge is 2.14. The van der Waals surface area contributed by atoms with Crippen molar-refractivity contribution in [2.45, 2.75) is 12.8 Å². The van der Waals surface area contributed by atoms with Gasteiger partial charge < -0.3 is 9.84 Å². The first-order valence-corrected chi connectivity index (χ1v) is 6.22. The van der Waals surface area contributed by atoms with Crippen LogP contribution >= 0.6 is 0 Å². The van der Waals surface area contributed by atoms with Gasteiger partial charge in [-0.05, 0) is 24.5 Å². The van der Waals surface area contributed by atoms with Gasteiger partial charge in [-0.2, -0.15) is 0 Å². The Kier molecular flexibility index (Phi) is 4.65. The maximum atomic E-state index is 12.9. The number of rotatable bonds is 6. The standard InChI is InChI=1S/C15H14FNO3/c16-12-9-13(15(18)19)14(17-10-12)20-8-4-7-11-5-2-1-3-6-11/h1-3,5-6,9-10H,4,7-8H2,(H,18,19). The fourth-order valence-electron chi connectivity index (χ4n) is 1.78. The topological polar surface area (TPSA) is 59.4 Å². The van der Waals surface area contributed by atoms with E-state index in [0.717, 1.165) is 25.1 Å². The smallest absolute Gasteiger partial charge is 0.341 e. The molecule has 0 atom stereocenters. The zero-order valence-electron chi connectivity index (χ0n) is 10.8. The number of ether oxygens (including phenoxy) is 1. The van der Waals surface area contributed by atoms with Gasteiger partial charge in [-0.3, -0.25) is 0 Å². The van der Waals surface area contributed by atoms with Gasteiger partial charge in [-0.25, -0.2) is 14.2 Å². The molecule has 0 aliphatic carbocycles. The summed E-state index contributed by atoms with van der Waals surface area (Å²) in [6.07, 6.45) is 2.49. The molecule has 0 saturated carbocycles. The van der Waals surface area contributed by atoms with Crippen molar-refractivity contribution >= 4 is 5.97 Å². The molecular weight excluding hydrogens is 261 g/mol. The van der Waals surface area contributed by atoms with Crippen LogP contribution in [0, 0.1) is 5.82 Å². The van der Waals surface area contributed by atoms with Gasteiger partial charge in [-0.1, -0.05) is 30.3 Å². The Morgan fingerprint density at radius 3 is 2.75 bits per heavy atom. The molecule has 2 aromatic rings. The van der Waals surface area contributed by atoms with Gasteiger partial charge in [0.25, 0.3) is 0 Å². The molecule has 0 bridgehead atoms. The van der Waals surface area contributed by atoms with Gasteiger partial charge in [0, 0.05) is 0 Å². The summed E-state index contributed by atoms with van der Waals surface area (Å²) in [5, 5.41) is 8.94. The number of carboxylic acids is 1. The van der Waals surface area contributed by atoms with Crippen molar-refractivity contribution in [3.8, 4) is 5.88 Å². The van der Waals surface area contributed by atoms with Crippen LogP contribution < -0.4 is 4.74 Å². The summed E-state index contributed by atoms with van der Waals surface area (Å²) in [7, 11) is 0. The van der Waals surface area contributed by atoms with Gasteiger partial charge >= 0.3 is 5.97 Å². The van der Waals surface area contributed by atoms with E-state index >= 15 is 0 Å². The SMILES string of the molecule is O=C(O)c1cc(F)cnc1OCCCc1ccccc1. The number of benzene rings is 1. The second-order valence-corrected chi connectivity index (χ2v) is 4.25. The number of aromatic nitrogens is 1. The average molecular weight is 275 g/mol. The zero-order valence-corrected chi connectivity index (χ0v) is 10.8. The summed E-state index contributed by atoms with van der Waals surface area (Å²) in [6, 6.07) is 10.8. The summed E-state index contributed by atoms with van der Waals surface area (Å²) in [5.74, 6) is -2.00. The lowest BCUT2D eigenvalue weighted by molar-refractivity contribution is 0.0690. The van der Waals surface area contributed by atoms with E-state index in [9.17, 15) is 9.18 Å². The molecule has 0 spiro atoms. The molecule has 2 rings (SSSR count). The lowest BCUT2D eigenvalue weighted by Gasteiger charge is -2.08. The Morgan fingerprint density at radius 2 is 2.05 bits per heavy atom. The first-order valence-electron chi connectivity index (χ1n) is 6.22. The lowest BCUT2D eigenvalue weighted by atomic mass is 10.1. The van der Waals surface area contributed by atoms with Crippen molar-refractivity contribution in [1.29, 1.82) is 0 Å². The van der Waals surface area contributed by atoms with Gasteiger partial charge in [0.05, 0.1) is 12.8 Å². The van der Waals surface area contributed by atoms with E-state index in [4.69, 9.17) is 9.84 Å². The molecule has 5 heteroatoms. The highest BCUT2D eigenvalue weighted by Crippen LogP contribution is 2.16. The highest BCUT2D eigenvalue weighted by molar-refractivity contribution is 5.90. The predicted octanol–water partition coefficient (Wildman–Crippen LogP) is 2.93. The van der Waals surface area contributed by atoms with Crippen LogP contribution in [-0.4, -0.2) is 22.7 Å². The molecule has 0 unspecified atom stereocenters. The van der Waals surface area contributed by atoms with Crippen molar-refractivity contribution in [3.05, 3.63) is 59.5 Å². The third kappa shape index (κ3) is 3.78. The Morgan fingerprint density at radius 1 is 1.30 bits per heavy atom. The maximum absolute atomic E-state index is 12.9. The van der Waals surface area contributed by atoms with Crippen LogP contribution in [0.3, 0.4) is 0 Å². The number of carboxylic acid groups (broad SMARTS) is 1. The number of carbonyl (C=O) groups is 1. The van der Waals surface area contributed by atoms with E-state index < -0.39 is 11.8 Å². The fraction of sp³-hybridized carbons (Fsp3) is 0.200. The Hall–Kier alpha value is -2.43. The number of hydrogen-bond acceptors (Lipinski definition) is 3. The molecule has 0 fully saturated rings. The van der Waals surface area contributed by atoms with Crippen LogP contribution in [0.1, 0.15) is 22.3 Å². The second kappa shape index (κ2) is 6.65. The largest absolute Gasteiger partial charge is 0.477 e. The van der Waals surface area contributed by atoms with Crippen molar-refractivity contribution in [1.82, 2.24) is 4.98 Å². The quantitative estimate of drug-likeness (QED) is 0.823. The molecule has 1 aromatic carbocycles. The summed E-state index contributed by atoms with van der Waals surface area (Å²) in [4.78, 5) is 14.6. The van der Waals surface area contributed by atoms with Crippen molar-refractivity contribution in [2.75, 3.05) is 6.61 Å². The van der Waals surface area contributed by atoms with Gasteiger partial charge in [-0.15, -0.1) is 0 Å². The van der Waals surface area contributed by atoms with E-state index in [1.807, 2.05) is 30.3 Å². The van der Waals surface area contributed by atoms with E-state index in [0.29, 0.717) is 6.61 Å². The number of nitrogens with zero attached hydrogens (tertiary/aromatic N) is 1. The molecule has 0 saturated heterocycles. The molecule has 20 heavy (non-hydrogen) atoms. The molecule has 0 radical (unpaired) electrons. The van der Waals surface area contributed by atoms with Crippen LogP contribution in [0.4, 0.5) is 4.39 Å². The lowest BCUT2D eigenvalue weighted by Crippen LogP contribution is -2.07. The zero-order chi connectivity index (χ0) is 14.4. The molecule has 104 valence electrons. The molecule has 1 aromatic heterocycles. The third-order valence-electron chi connectivity index (χ3n) is 2.74. The minimum Gasteiger partial charge on any atom is -0.477 e. The first kappa shape index (κ1) is 14.0. The van der Waals surface area contributed by atoms with Crippen molar-refractivity contribution in [2.24, 2.45) is 0 Å². The fourth-order valence-corrected chi connectivity index (χ4v) is 1.78. The van der Waals surface area contributed by atoms with Crippen LogP contribution in [0.2, 0.25) is 0 Å². The third-order valence-corrected chi connectivity index (χ3v) is 2.74. The summed E-state index contributed by atoms with van der Waals surface area (Å²) in [5.41, 5.74) is 0.923.